The molecule has 5 heteroatoms. The molecule has 3 N–H and O–H groups in total. The molecule has 0 aliphatic rings. The molecule has 0 aliphatic carbocycles. The molecule has 106 valence electrons. The lowest BCUT2D eigenvalue weighted by atomic mass is 10.1. The van der Waals surface area contributed by atoms with E-state index >= 15 is 0 Å². The maximum atomic E-state index is 8.95. The van der Waals surface area contributed by atoms with Gasteiger partial charge in [-0.15, -0.1) is 11.8 Å². The van der Waals surface area contributed by atoms with E-state index in [1.165, 1.54) is 0 Å². The van der Waals surface area contributed by atoms with Crippen LogP contribution in [0.2, 0.25) is 0 Å². The summed E-state index contributed by atoms with van der Waals surface area (Å²) in [6.45, 7) is 6.55. The lowest BCUT2D eigenvalue weighted by Gasteiger charge is -2.18. The summed E-state index contributed by atoms with van der Waals surface area (Å²) in [6, 6.07) is 7.92. The fourth-order valence-corrected chi connectivity index (χ4v) is 3.03. The highest BCUT2D eigenvalue weighted by Crippen LogP contribution is 2.35. The van der Waals surface area contributed by atoms with Crippen molar-refractivity contribution in [2.75, 3.05) is 0 Å². The van der Waals surface area contributed by atoms with Gasteiger partial charge in [-0.25, -0.2) is 0 Å². The molecule has 2 rings (SSSR count). The number of aromatic nitrogens is 1. The molecule has 0 spiro atoms. The molecule has 1 unspecified atom stereocenters. The minimum Gasteiger partial charge on any atom is -0.409 e. The van der Waals surface area contributed by atoms with Crippen LogP contribution in [0.5, 0.6) is 0 Å². The molecule has 1 aromatic carbocycles. The average molecular weight is 289 g/mol. The highest BCUT2D eigenvalue weighted by Gasteiger charge is 2.17. The van der Waals surface area contributed by atoms with E-state index in [1.54, 1.807) is 18.0 Å². The molecular weight excluding hydrogens is 270 g/mol. The van der Waals surface area contributed by atoms with Gasteiger partial charge in [0.15, 0.2) is 5.84 Å². The minimum absolute atomic E-state index is 0.0988. The first-order valence-electron chi connectivity index (χ1n) is 6.57. The van der Waals surface area contributed by atoms with E-state index in [9.17, 15) is 0 Å². The number of hydrogen-bond donors (Lipinski definition) is 2. The standard InChI is InChI=1S/C15H19N3OS/c1-9(2)10(3)20-14-11-6-4-5-7-13(11)17-8-12(14)15(16)18-19/h4-10,19H,1-3H3,(H2,16,18). The summed E-state index contributed by atoms with van der Waals surface area (Å²) in [6.07, 6.45) is 1.67. The highest BCUT2D eigenvalue weighted by atomic mass is 32.2. The zero-order valence-corrected chi connectivity index (χ0v) is 12.7. The first-order chi connectivity index (χ1) is 9.54. The molecule has 1 aromatic heterocycles. The lowest BCUT2D eigenvalue weighted by molar-refractivity contribution is 0.318. The Kier molecular flexibility index (Phi) is 4.49. The van der Waals surface area contributed by atoms with Gasteiger partial charge in [0, 0.05) is 21.7 Å². The van der Waals surface area contributed by atoms with Crippen molar-refractivity contribution in [3.63, 3.8) is 0 Å². The second kappa shape index (κ2) is 6.13. The molecule has 0 bridgehead atoms. The van der Waals surface area contributed by atoms with Gasteiger partial charge in [-0.3, -0.25) is 4.98 Å². The van der Waals surface area contributed by atoms with Gasteiger partial charge in [-0.05, 0) is 12.0 Å². The summed E-state index contributed by atoms with van der Waals surface area (Å²) in [5.41, 5.74) is 7.39. The molecular formula is C15H19N3OS. The maximum Gasteiger partial charge on any atom is 0.172 e. The number of nitrogens with two attached hydrogens (primary N) is 1. The van der Waals surface area contributed by atoms with Crippen molar-refractivity contribution < 1.29 is 5.21 Å². The van der Waals surface area contributed by atoms with Crippen molar-refractivity contribution >= 4 is 28.5 Å². The van der Waals surface area contributed by atoms with Crippen LogP contribution in [0.25, 0.3) is 10.9 Å². The van der Waals surface area contributed by atoms with Crippen LogP contribution in [0, 0.1) is 5.92 Å². The van der Waals surface area contributed by atoms with Gasteiger partial charge in [0.25, 0.3) is 0 Å². The summed E-state index contributed by atoms with van der Waals surface area (Å²) in [5.74, 6) is 0.633. The number of thioether (sulfide) groups is 1. The van der Waals surface area contributed by atoms with Crippen LogP contribution in [0.3, 0.4) is 0 Å². The number of benzene rings is 1. The van der Waals surface area contributed by atoms with Gasteiger partial charge < -0.3 is 10.9 Å². The topological polar surface area (TPSA) is 71.5 Å². The Balaban J connectivity index is 2.61. The van der Waals surface area contributed by atoms with Crippen molar-refractivity contribution in [3.05, 3.63) is 36.0 Å². The third-order valence-corrected chi connectivity index (χ3v) is 4.94. The molecule has 1 atom stereocenters. The monoisotopic (exact) mass is 289 g/mol. The first-order valence-corrected chi connectivity index (χ1v) is 7.44. The summed E-state index contributed by atoms with van der Waals surface area (Å²) in [5, 5.41) is 13.5. The molecule has 0 saturated heterocycles. The van der Waals surface area contributed by atoms with Crippen molar-refractivity contribution in [1.82, 2.24) is 4.98 Å². The quantitative estimate of drug-likeness (QED) is 0.297. The van der Waals surface area contributed by atoms with Gasteiger partial charge >= 0.3 is 0 Å². The average Bonchev–Trinajstić information content (AvgIpc) is 2.46. The fourth-order valence-electron chi connectivity index (χ4n) is 1.80. The van der Waals surface area contributed by atoms with E-state index in [0.29, 0.717) is 16.7 Å². The summed E-state index contributed by atoms with van der Waals surface area (Å²) in [7, 11) is 0. The third kappa shape index (κ3) is 2.88. The van der Waals surface area contributed by atoms with Crippen LogP contribution in [-0.4, -0.2) is 21.3 Å². The van der Waals surface area contributed by atoms with Crippen LogP contribution in [0.4, 0.5) is 0 Å². The molecule has 20 heavy (non-hydrogen) atoms. The Morgan fingerprint density at radius 3 is 2.65 bits per heavy atom. The van der Waals surface area contributed by atoms with Gasteiger partial charge in [0.1, 0.15) is 0 Å². The number of amidine groups is 1. The van der Waals surface area contributed by atoms with E-state index < -0.39 is 0 Å². The molecule has 0 fully saturated rings. The molecule has 0 radical (unpaired) electrons. The smallest absolute Gasteiger partial charge is 0.172 e. The molecule has 1 heterocycles. The largest absolute Gasteiger partial charge is 0.409 e. The predicted octanol–water partition coefficient (Wildman–Crippen LogP) is 3.47. The number of fused-ring (bicyclic) bond motifs is 1. The normalized spacial score (nSPS) is 13.9. The fraction of sp³-hybridized carbons (Fsp3) is 0.333. The first kappa shape index (κ1) is 14.7. The number of oxime groups is 1. The summed E-state index contributed by atoms with van der Waals surface area (Å²) >= 11 is 1.74. The van der Waals surface area contributed by atoms with E-state index in [0.717, 1.165) is 15.8 Å². The van der Waals surface area contributed by atoms with E-state index in [4.69, 9.17) is 10.9 Å². The van der Waals surface area contributed by atoms with Crippen molar-refractivity contribution in [2.45, 2.75) is 30.9 Å². The molecule has 0 amide bonds. The second-order valence-corrected chi connectivity index (χ2v) is 6.46. The van der Waals surface area contributed by atoms with E-state index in [2.05, 4.69) is 30.9 Å². The third-order valence-electron chi connectivity index (χ3n) is 3.35. The predicted molar refractivity (Wildman–Crippen MR) is 84.4 cm³/mol. The van der Waals surface area contributed by atoms with Crippen molar-refractivity contribution in [3.8, 4) is 0 Å². The maximum absolute atomic E-state index is 8.95. The van der Waals surface area contributed by atoms with Gasteiger partial charge in [-0.1, -0.05) is 44.1 Å². The Morgan fingerprint density at radius 1 is 1.30 bits per heavy atom. The van der Waals surface area contributed by atoms with Crippen LogP contribution >= 0.6 is 11.8 Å². The summed E-state index contributed by atoms with van der Waals surface area (Å²) < 4.78 is 0. The van der Waals surface area contributed by atoms with E-state index in [-0.39, 0.29) is 5.84 Å². The molecule has 0 aliphatic heterocycles. The van der Waals surface area contributed by atoms with Gasteiger partial charge in [-0.2, -0.15) is 0 Å². The Morgan fingerprint density at radius 2 is 2.00 bits per heavy atom. The number of nitrogens with zero attached hydrogens (tertiary/aromatic N) is 2. The minimum atomic E-state index is 0.0988. The van der Waals surface area contributed by atoms with Crippen molar-refractivity contribution in [2.24, 2.45) is 16.8 Å². The van der Waals surface area contributed by atoms with Crippen LogP contribution < -0.4 is 5.73 Å². The number of rotatable bonds is 4. The molecule has 2 aromatic rings. The Hall–Kier alpha value is -1.75. The van der Waals surface area contributed by atoms with Crippen LogP contribution in [0.1, 0.15) is 26.3 Å². The highest BCUT2D eigenvalue weighted by molar-refractivity contribution is 8.00. The Labute approximate surface area is 123 Å². The zero-order valence-electron chi connectivity index (χ0n) is 11.9. The number of pyridine rings is 1. The second-order valence-electron chi connectivity index (χ2n) is 5.07. The summed E-state index contributed by atoms with van der Waals surface area (Å²) in [4.78, 5) is 5.40. The number of hydrogen-bond acceptors (Lipinski definition) is 4. The van der Waals surface area contributed by atoms with Crippen LogP contribution in [-0.2, 0) is 0 Å². The Bertz CT molecular complexity index is 640. The molecule has 0 saturated carbocycles. The zero-order chi connectivity index (χ0) is 14.7. The SMILES string of the molecule is CC(C)C(C)Sc1c(/C(N)=N/O)cnc2ccccc12. The van der Waals surface area contributed by atoms with Crippen LogP contribution in [0.15, 0.2) is 40.5 Å². The van der Waals surface area contributed by atoms with Crippen molar-refractivity contribution in [1.29, 1.82) is 0 Å². The van der Waals surface area contributed by atoms with Gasteiger partial charge in [0.2, 0.25) is 0 Å². The van der Waals surface area contributed by atoms with Gasteiger partial charge in [0.05, 0.1) is 11.1 Å². The molecule has 4 nitrogen and oxygen atoms in total. The van der Waals surface area contributed by atoms with E-state index in [1.807, 2.05) is 24.3 Å². The number of para-hydroxylation sites is 1. The lowest BCUT2D eigenvalue weighted by Crippen LogP contribution is -2.16.